The summed E-state index contributed by atoms with van der Waals surface area (Å²) < 4.78 is 25.9. The Morgan fingerprint density at radius 2 is 2.18 bits per heavy atom. The number of halogens is 2. The molecule has 2 aromatic rings. The molecular formula is C10H8F2N4O. The van der Waals surface area contributed by atoms with E-state index in [1.165, 1.54) is 11.0 Å². The van der Waals surface area contributed by atoms with Crippen LogP contribution in [0.5, 0.6) is 0 Å². The van der Waals surface area contributed by atoms with Crippen molar-refractivity contribution in [3.63, 3.8) is 0 Å². The molecule has 1 aromatic heterocycles. The molecule has 0 saturated heterocycles. The smallest absolute Gasteiger partial charge is 0.277 e. The maximum absolute atomic E-state index is 13.2. The lowest BCUT2D eigenvalue weighted by Gasteiger charge is -2.03. The van der Waals surface area contributed by atoms with Gasteiger partial charge in [0.1, 0.15) is 11.6 Å². The number of nitrogens with one attached hydrogen (secondary N) is 1. The first-order valence-electron chi connectivity index (χ1n) is 4.69. The molecule has 0 saturated carbocycles. The van der Waals surface area contributed by atoms with Gasteiger partial charge >= 0.3 is 0 Å². The van der Waals surface area contributed by atoms with E-state index in [0.717, 1.165) is 12.1 Å². The molecule has 0 spiro atoms. The molecule has 1 amide bonds. The van der Waals surface area contributed by atoms with E-state index in [2.05, 4.69) is 15.5 Å². The summed E-state index contributed by atoms with van der Waals surface area (Å²) in [4.78, 5) is 12.8. The van der Waals surface area contributed by atoms with Gasteiger partial charge in [-0.1, -0.05) is 0 Å². The monoisotopic (exact) mass is 238 g/mol. The van der Waals surface area contributed by atoms with Crippen molar-refractivity contribution in [3.8, 4) is 0 Å². The van der Waals surface area contributed by atoms with Gasteiger partial charge in [0.2, 0.25) is 0 Å². The van der Waals surface area contributed by atoms with E-state index in [1.54, 1.807) is 7.05 Å². The standard InChI is InChI=1S/C10H8F2N4O/c1-16-13-5-9(15-16)10(17)14-8-3-2-6(11)4-7(8)12/h2-5H,1H3,(H,14,17). The largest absolute Gasteiger partial charge is 0.318 e. The quantitative estimate of drug-likeness (QED) is 0.859. The molecule has 0 aliphatic carbocycles. The first kappa shape index (κ1) is 11.2. The van der Waals surface area contributed by atoms with Crippen LogP contribution >= 0.6 is 0 Å². The maximum Gasteiger partial charge on any atom is 0.277 e. The molecule has 1 aromatic carbocycles. The van der Waals surface area contributed by atoms with Crippen molar-refractivity contribution in [1.82, 2.24) is 15.0 Å². The number of aryl methyl sites for hydroxylation is 1. The third-order valence-electron chi connectivity index (χ3n) is 2.01. The average molecular weight is 238 g/mol. The van der Waals surface area contributed by atoms with E-state index in [-0.39, 0.29) is 11.4 Å². The van der Waals surface area contributed by atoms with Crippen LogP contribution in [0.1, 0.15) is 10.5 Å². The zero-order valence-electron chi connectivity index (χ0n) is 8.82. The summed E-state index contributed by atoms with van der Waals surface area (Å²) in [7, 11) is 1.55. The SMILES string of the molecule is Cn1ncc(C(=O)Nc2ccc(F)cc2F)n1. The third kappa shape index (κ3) is 2.44. The van der Waals surface area contributed by atoms with Crippen molar-refractivity contribution < 1.29 is 13.6 Å². The Kier molecular flexibility index (Phi) is 2.82. The van der Waals surface area contributed by atoms with Crippen LogP contribution in [0.25, 0.3) is 0 Å². The van der Waals surface area contributed by atoms with Crippen LogP contribution < -0.4 is 5.32 Å². The summed E-state index contributed by atoms with van der Waals surface area (Å²) in [6.07, 6.45) is 1.25. The molecule has 0 bridgehead atoms. The molecule has 17 heavy (non-hydrogen) atoms. The van der Waals surface area contributed by atoms with E-state index in [0.29, 0.717) is 6.07 Å². The molecule has 0 fully saturated rings. The maximum atomic E-state index is 13.2. The Hall–Kier alpha value is -2.31. The molecule has 0 atom stereocenters. The molecule has 0 aliphatic rings. The normalized spacial score (nSPS) is 10.3. The first-order chi connectivity index (χ1) is 8.06. The number of carbonyl (C=O) groups is 1. The van der Waals surface area contributed by atoms with E-state index in [1.807, 2.05) is 0 Å². The van der Waals surface area contributed by atoms with E-state index in [4.69, 9.17) is 0 Å². The molecule has 0 radical (unpaired) electrons. The fraction of sp³-hybridized carbons (Fsp3) is 0.100. The second-order valence-electron chi connectivity index (χ2n) is 3.30. The number of rotatable bonds is 2. The van der Waals surface area contributed by atoms with Crippen molar-refractivity contribution in [2.45, 2.75) is 0 Å². The van der Waals surface area contributed by atoms with Gasteiger partial charge in [-0.3, -0.25) is 4.79 Å². The van der Waals surface area contributed by atoms with Crippen molar-refractivity contribution in [1.29, 1.82) is 0 Å². The van der Waals surface area contributed by atoms with Gasteiger partial charge in [-0.15, -0.1) is 5.10 Å². The molecule has 1 heterocycles. The van der Waals surface area contributed by atoms with Crippen LogP contribution in [0.3, 0.4) is 0 Å². The zero-order chi connectivity index (χ0) is 12.4. The van der Waals surface area contributed by atoms with Crippen LogP contribution in [0.4, 0.5) is 14.5 Å². The van der Waals surface area contributed by atoms with Crippen molar-refractivity contribution >= 4 is 11.6 Å². The number of benzene rings is 1. The highest BCUT2D eigenvalue weighted by Gasteiger charge is 2.12. The summed E-state index contributed by atoms with van der Waals surface area (Å²) in [5, 5.41) is 9.73. The molecule has 2 rings (SSSR count). The summed E-state index contributed by atoms with van der Waals surface area (Å²) >= 11 is 0. The van der Waals surface area contributed by atoms with E-state index in [9.17, 15) is 13.6 Å². The molecule has 7 heteroatoms. The minimum atomic E-state index is -0.845. The van der Waals surface area contributed by atoms with Gasteiger partial charge in [0.15, 0.2) is 5.69 Å². The lowest BCUT2D eigenvalue weighted by atomic mass is 10.3. The van der Waals surface area contributed by atoms with Crippen molar-refractivity contribution in [2.24, 2.45) is 7.05 Å². The third-order valence-corrected chi connectivity index (χ3v) is 2.01. The summed E-state index contributed by atoms with van der Waals surface area (Å²) in [5.74, 6) is -2.16. The Morgan fingerprint density at radius 3 is 2.76 bits per heavy atom. The van der Waals surface area contributed by atoms with Gasteiger partial charge in [0.05, 0.1) is 11.9 Å². The number of amides is 1. The number of nitrogens with zero attached hydrogens (tertiary/aromatic N) is 3. The minimum absolute atomic E-state index is 0.0521. The highest BCUT2D eigenvalue weighted by Crippen LogP contribution is 2.15. The molecular weight excluding hydrogens is 230 g/mol. The van der Waals surface area contributed by atoms with Gasteiger partial charge in [-0.05, 0) is 12.1 Å². The fourth-order valence-electron chi connectivity index (χ4n) is 1.23. The van der Waals surface area contributed by atoms with Crippen molar-refractivity contribution in [3.05, 3.63) is 41.7 Å². The lowest BCUT2D eigenvalue weighted by Crippen LogP contribution is -2.14. The minimum Gasteiger partial charge on any atom is -0.318 e. The van der Waals surface area contributed by atoms with E-state index < -0.39 is 17.5 Å². The zero-order valence-corrected chi connectivity index (χ0v) is 8.82. The van der Waals surface area contributed by atoms with Crippen LogP contribution in [-0.4, -0.2) is 20.9 Å². The Bertz CT molecular complexity index is 567. The highest BCUT2D eigenvalue weighted by molar-refractivity contribution is 6.02. The predicted octanol–water partition coefficient (Wildman–Crippen LogP) is 1.35. The molecule has 0 aliphatic heterocycles. The van der Waals surface area contributed by atoms with Crippen LogP contribution in [0.15, 0.2) is 24.4 Å². The average Bonchev–Trinajstić information content (AvgIpc) is 2.69. The lowest BCUT2D eigenvalue weighted by molar-refractivity contribution is 0.102. The summed E-state index contributed by atoms with van der Waals surface area (Å²) in [6, 6.07) is 2.88. The summed E-state index contributed by atoms with van der Waals surface area (Å²) in [6.45, 7) is 0. The number of hydrogen-bond donors (Lipinski definition) is 1. The molecule has 5 nitrogen and oxygen atoms in total. The number of carbonyl (C=O) groups excluding carboxylic acids is 1. The number of aromatic nitrogens is 3. The van der Waals surface area contributed by atoms with Gasteiger partial charge in [0, 0.05) is 13.1 Å². The van der Waals surface area contributed by atoms with E-state index >= 15 is 0 Å². The molecule has 1 N–H and O–H groups in total. The van der Waals surface area contributed by atoms with Crippen molar-refractivity contribution in [2.75, 3.05) is 5.32 Å². The Labute approximate surface area is 95.1 Å². The second kappa shape index (κ2) is 4.28. The Balaban J connectivity index is 2.18. The number of anilines is 1. The Morgan fingerprint density at radius 1 is 1.41 bits per heavy atom. The predicted molar refractivity (Wildman–Crippen MR) is 55.3 cm³/mol. The van der Waals surface area contributed by atoms with Crippen LogP contribution in [0.2, 0.25) is 0 Å². The summed E-state index contributed by atoms with van der Waals surface area (Å²) in [5.41, 5.74) is -0.0571. The highest BCUT2D eigenvalue weighted by atomic mass is 19.1. The molecule has 88 valence electrons. The molecule has 0 unspecified atom stereocenters. The fourth-order valence-corrected chi connectivity index (χ4v) is 1.23. The van der Waals surface area contributed by atoms with Gasteiger partial charge < -0.3 is 5.32 Å². The number of hydrogen-bond acceptors (Lipinski definition) is 3. The van der Waals surface area contributed by atoms with Crippen LogP contribution in [-0.2, 0) is 7.05 Å². The van der Waals surface area contributed by atoms with Gasteiger partial charge in [-0.2, -0.15) is 9.90 Å². The van der Waals surface area contributed by atoms with Gasteiger partial charge in [0.25, 0.3) is 5.91 Å². The second-order valence-corrected chi connectivity index (χ2v) is 3.30. The van der Waals surface area contributed by atoms with Crippen LogP contribution in [0, 0.1) is 11.6 Å². The first-order valence-corrected chi connectivity index (χ1v) is 4.69. The topological polar surface area (TPSA) is 59.8 Å². The van der Waals surface area contributed by atoms with Gasteiger partial charge in [-0.25, -0.2) is 8.78 Å².